The summed E-state index contributed by atoms with van der Waals surface area (Å²) >= 11 is 7.28. The Bertz CT molecular complexity index is 1360. The second kappa shape index (κ2) is 10.2. The lowest BCUT2D eigenvalue weighted by molar-refractivity contribution is -0.394. The Morgan fingerprint density at radius 1 is 0.694 bits per heavy atom. The highest BCUT2D eigenvalue weighted by molar-refractivity contribution is 8.33. The van der Waals surface area contributed by atoms with Crippen LogP contribution in [0.2, 0.25) is 0 Å². The van der Waals surface area contributed by atoms with Gasteiger partial charge in [0.05, 0.1) is 46.0 Å². The van der Waals surface area contributed by atoms with Gasteiger partial charge >= 0.3 is 5.97 Å². The van der Waals surface area contributed by atoms with E-state index in [1.54, 1.807) is 0 Å². The minimum absolute atomic E-state index is 0.429. The standard InChI is InChI=1S/C14H5N3O9.C6H4S4/c18-13-7-1-5(14(19)20)2-9(16(23)24)11(7)12-8(13)3-6(15(21)22)4-10(12)17(25)26;1-2-8-5(7-1)6-9-3-4-10-6/h1-4H,(H,19,20);1-4H. The average Bonchev–Trinajstić information content (AvgIpc) is 3.60. The molecule has 0 atom stereocenters. The van der Waals surface area contributed by atoms with Crippen molar-refractivity contribution in [2.45, 2.75) is 0 Å². The van der Waals surface area contributed by atoms with Gasteiger partial charge in [0.1, 0.15) is 0 Å². The quantitative estimate of drug-likeness (QED) is 0.274. The van der Waals surface area contributed by atoms with Crippen molar-refractivity contribution in [3.05, 3.63) is 101 Å². The van der Waals surface area contributed by atoms with Gasteiger partial charge in [0.2, 0.25) is 0 Å². The van der Waals surface area contributed by atoms with E-state index < -0.39 is 71.4 Å². The molecule has 182 valence electrons. The van der Waals surface area contributed by atoms with E-state index in [-0.39, 0.29) is 0 Å². The van der Waals surface area contributed by atoms with Gasteiger partial charge in [-0.05, 0) is 27.7 Å². The molecule has 0 spiro atoms. The lowest BCUT2D eigenvalue weighted by atomic mass is 9.99. The Hall–Kier alpha value is -3.60. The maximum atomic E-state index is 12.5. The highest BCUT2D eigenvalue weighted by Gasteiger charge is 2.41. The molecule has 2 aromatic rings. The Balaban J connectivity index is 0.000000251. The lowest BCUT2D eigenvalue weighted by Gasteiger charge is -2.04. The summed E-state index contributed by atoms with van der Waals surface area (Å²) in [6.45, 7) is 0. The first-order valence-electron chi connectivity index (χ1n) is 9.38. The van der Waals surface area contributed by atoms with E-state index in [1.165, 1.54) is 8.47 Å². The van der Waals surface area contributed by atoms with Crippen LogP contribution in [0.15, 0.2) is 54.4 Å². The predicted octanol–water partition coefficient (Wildman–Crippen LogP) is 6.34. The molecule has 3 aliphatic rings. The third kappa shape index (κ3) is 4.75. The third-order valence-corrected chi connectivity index (χ3v) is 9.57. The van der Waals surface area contributed by atoms with E-state index in [0.717, 1.165) is 12.1 Å². The summed E-state index contributed by atoms with van der Waals surface area (Å²) in [4.78, 5) is 54.4. The molecule has 12 nitrogen and oxygen atoms in total. The Labute approximate surface area is 217 Å². The first kappa shape index (κ1) is 25.5. The number of rotatable bonds is 4. The van der Waals surface area contributed by atoms with Crippen LogP contribution in [0.3, 0.4) is 0 Å². The van der Waals surface area contributed by atoms with Crippen LogP contribution in [0.4, 0.5) is 17.1 Å². The number of benzene rings is 2. The summed E-state index contributed by atoms with van der Waals surface area (Å²) < 4.78 is 2.86. The maximum Gasteiger partial charge on any atom is 0.335 e. The van der Waals surface area contributed by atoms with Crippen LogP contribution < -0.4 is 0 Å². The monoisotopic (exact) mass is 563 g/mol. The zero-order valence-corrected chi connectivity index (χ0v) is 20.6. The summed E-state index contributed by atoms with van der Waals surface area (Å²) in [5, 5.41) is 51.2. The molecule has 16 heteroatoms. The number of ketones is 1. The maximum absolute atomic E-state index is 12.5. The van der Waals surface area contributed by atoms with Crippen LogP contribution in [-0.2, 0) is 0 Å². The van der Waals surface area contributed by atoms with Crippen molar-refractivity contribution in [3.8, 4) is 11.1 Å². The van der Waals surface area contributed by atoms with Crippen molar-refractivity contribution < 1.29 is 29.5 Å². The number of fused-ring (bicyclic) bond motifs is 3. The number of aromatic carboxylic acids is 1. The third-order valence-electron chi connectivity index (χ3n) is 4.79. The molecule has 0 radical (unpaired) electrons. The Morgan fingerprint density at radius 3 is 1.56 bits per heavy atom. The molecule has 2 aliphatic heterocycles. The topological polar surface area (TPSA) is 184 Å². The molecule has 2 aromatic carbocycles. The van der Waals surface area contributed by atoms with Gasteiger partial charge in [-0.1, -0.05) is 47.0 Å². The van der Waals surface area contributed by atoms with Gasteiger partial charge in [0.25, 0.3) is 17.1 Å². The van der Waals surface area contributed by atoms with Crippen LogP contribution in [-0.4, -0.2) is 31.6 Å². The molecular weight excluding hydrogens is 555 g/mol. The molecule has 2 heterocycles. The predicted molar refractivity (Wildman–Crippen MR) is 138 cm³/mol. The fraction of sp³-hybridized carbons (Fsp3) is 0. The van der Waals surface area contributed by atoms with Crippen molar-refractivity contribution in [2.24, 2.45) is 0 Å². The number of carboxylic acids is 1. The van der Waals surface area contributed by atoms with Crippen molar-refractivity contribution in [2.75, 3.05) is 0 Å². The molecule has 36 heavy (non-hydrogen) atoms. The normalized spacial score (nSPS) is 14.8. The smallest absolute Gasteiger partial charge is 0.335 e. The van der Waals surface area contributed by atoms with Crippen LogP contribution in [0, 0.1) is 30.3 Å². The highest BCUT2D eigenvalue weighted by atomic mass is 32.2. The second-order valence-electron chi connectivity index (χ2n) is 6.80. The van der Waals surface area contributed by atoms with Crippen molar-refractivity contribution in [1.82, 2.24) is 0 Å². The molecule has 5 rings (SSSR count). The van der Waals surface area contributed by atoms with Crippen LogP contribution in [0.1, 0.15) is 26.3 Å². The summed E-state index contributed by atoms with van der Waals surface area (Å²) in [6.07, 6.45) is 0. The first-order chi connectivity index (χ1) is 17.1. The van der Waals surface area contributed by atoms with E-state index >= 15 is 0 Å². The van der Waals surface area contributed by atoms with Crippen LogP contribution >= 0.6 is 47.0 Å². The van der Waals surface area contributed by atoms with Crippen LogP contribution in [0.25, 0.3) is 11.1 Å². The Morgan fingerprint density at radius 2 is 1.14 bits per heavy atom. The SMILES string of the molecule is C1=CSC(=C2SC=CS2)S1.O=C(O)c1cc2c(c([N+](=O)[O-])c1)-c1c(cc([N+](=O)[O-])cc1[N+](=O)[O-])C2=O. The van der Waals surface area contributed by atoms with Crippen LogP contribution in [0.5, 0.6) is 0 Å². The minimum Gasteiger partial charge on any atom is -0.478 e. The first-order valence-corrected chi connectivity index (χ1v) is 12.9. The largest absolute Gasteiger partial charge is 0.478 e. The zero-order valence-electron chi connectivity index (χ0n) is 17.3. The van der Waals surface area contributed by atoms with Gasteiger partial charge in [0, 0.05) is 23.3 Å². The summed E-state index contributed by atoms with van der Waals surface area (Å²) in [5.41, 5.74) is -4.74. The molecule has 0 fully saturated rings. The van der Waals surface area contributed by atoms with Gasteiger partial charge in [0.15, 0.2) is 5.78 Å². The number of thioether (sulfide) groups is 4. The lowest BCUT2D eigenvalue weighted by Crippen LogP contribution is -2.03. The molecule has 0 aromatic heterocycles. The van der Waals surface area contributed by atoms with E-state index in [2.05, 4.69) is 21.6 Å². The number of nitro benzene ring substituents is 3. The van der Waals surface area contributed by atoms with E-state index in [4.69, 9.17) is 5.11 Å². The van der Waals surface area contributed by atoms with E-state index in [9.17, 15) is 39.9 Å². The molecule has 0 saturated heterocycles. The van der Waals surface area contributed by atoms with Crippen molar-refractivity contribution >= 4 is 75.9 Å². The average molecular weight is 564 g/mol. The molecule has 0 saturated carbocycles. The number of hydrogen-bond acceptors (Lipinski definition) is 12. The van der Waals surface area contributed by atoms with Gasteiger partial charge in [-0.25, -0.2) is 4.79 Å². The van der Waals surface area contributed by atoms with E-state index in [0.29, 0.717) is 12.1 Å². The van der Waals surface area contributed by atoms with E-state index in [1.807, 2.05) is 47.0 Å². The second-order valence-corrected chi connectivity index (χ2v) is 11.0. The number of nitrogens with zero attached hydrogens (tertiary/aromatic N) is 3. The minimum atomic E-state index is -1.54. The van der Waals surface area contributed by atoms with Gasteiger partial charge in [-0.15, -0.1) is 0 Å². The number of non-ortho nitro benzene ring substituents is 1. The molecule has 0 amide bonds. The van der Waals surface area contributed by atoms with Crippen molar-refractivity contribution in [3.63, 3.8) is 0 Å². The fourth-order valence-corrected chi connectivity index (χ4v) is 7.42. The highest BCUT2D eigenvalue weighted by Crippen LogP contribution is 2.50. The molecular formula is C20H9N3O9S4. The van der Waals surface area contributed by atoms with Crippen molar-refractivity contribution in [1.29, 1.82) is 0 Å². The number of carboxylic acid groups (broad SMARTS) is 1. The number of nitro groups is 3. The molecule has 0 bridgehead atoms. The number of carbonyl (C=O) groups is 2. The molecule has 1 N–H and O–H groups in total. The molecule has 0 unspecified atom stereocenters. The summed E-state index contributed by atoms with van der Waals surface area (Å²) in [7, 11) is 0. The summed E-state index contributed by atoms with van der Waals surface area (Å²) in [5.74, 6) is -2.51. The summed E-state index contributed by atoms with van der Waals surface area (Å²) in [6, 6.07) is 2.89. The van der Waals surface area contributed by atoms with Gasteiger partial charge < -0.3 is 5.11 Å². The Kier molecular flexibility index (Phi) is 7.21. The number of carbonyl (C=O) groups excluding carboxylic acids is 1. The zero-order chi connectivity index (χ0) is 26.1. The van der Waals surface area contributed by atoms with Gasteiger partial charge in [-0.2, -0.15) is 0 Å². The van der Waals surface area contributed by atoms with Gasteiger partial charge in [-0.3, -0.25) is 35.1 Å². The molecule has 1 aliphatic carbocycles. The fourth-order valence-electron chi connectivity index (χ4n) is 3.39. The number of hydrogen-bond donors (Lipinski definition) is 1.